The molecule has 0 saturated heterocycles. The Morgan fingerprint density at radius 1 is 1.40 bits per heavy atom. The van der Waals surface area contributed by atoms with Crippen molar-refractivity contribution in [3.8, 4) is 0 Å². The van der Waals surface area contributed by atoms with Crippen molar-refractivity contribution in [3.63, 3.8) is 0 Å². The van der Waals surface area contributed by atoms with Crippen LogP contribution >= 0.6 is 0 Å². The molecule has 10 heavy (non-hydrogen) atoms. The smallest absolute Gasteiger partial charge is 0.0493 e. The fourth-order valence-corrected chi connectivity index (χ4v) is 0.781. The number of aliphatic hydroxyl groups excluding tert-OH is 1. The highest BCUT2D eigenvalue weighted by Gasteiger charge is 1.96. The maximum Gasteiger partial charge on any atom is 0.0493 e. The molecule has 0 fully saturated rings. The SMILES string of the molecule is CCCC=CC(CC)CO. The molecular weight excluding hydrogens is 124 g/mol. The van der Waals surface area contributed by atoms with Crippen molar-refractivity contribution in [2.75, 3.05) is 6.61 Å². The monoisotopic (exact) mass is 142 g/mol. The highest BCUT2D eigenvalue weighted by molar-refractivity contribution is 4.87. The van der Waals surface area contributed by atoms with E-state index >= 15 is 0 Å². The summed E-state index contributed by atoms with van der Waals surface area (Å²) in [5.41, 5.74) is 0. The van der Waals surface area contributed by atoms with Gasteiger partial charge < -0.3 is 5.11 Å². The molecule has 0 saturated carbocycles. The molecule has 1 N–H and O–H groups in total. The lowest BCUT2D eigenvalue weighted by Crippen LogP contribution is -1.99. The summed E-state index contributed by atoms with van der Waals surface area (Å²) in [5, 5.41) is 8.77. The molecule has 0 radical (unpaired) electrons. The maximum atomic E-state index is 8.77. The van der Waals surface area contributed by atoms with Gasteiger partial charge in [-0.1, -0.05) is 32.4 Å². The number of allylic oxidation sites excluding steroid dienone is 1. The van der Waals surface area contributed by atoms with E-state index < -0.39 is 0 Å². The first-order valence-electron chi connectivity index (χ1n) is 4.12. The van der Waals surface area contributed by atoms with Crippen LogP contribution in [-0.4, -0.2) is 11.7 Å². The average Bonchev–Trinajstić information content (AvgIpc) is 1.99. The van der Waals surface area contributed by atoms with E-state index in [9.17, 15) is 0 Å². The molecule has 1 unspecified atom stereocenters. The normalized spacial score (nSPS) is 14.3. The average molecular weight is 142 g/mol. The molecule has 0 aliphatic heterocycles. The number of aliphatic hydroxyl groups is 1. The summed E-state index contributed by atoms with van der Waals surface area (Å²) < 4.78 is 0. The predicted octanol–water partition coefficient (Wildman–Crippen LogP) is 2.36. The molecule has 0 aliphatic carbocycles. The van der Waals surface area contributed by atoms with Crippen LogP contribution in [0.25, 0.3) is 0 Å². The molecule has 1 atom stereocenters. The van der Waals surface area contributed by atoms with E-state index in [2.05, 4.69) is 26.0 Å². The largest absolute Gasteiger partial charge is 0.396 e. The molecule has 0 rings (SSSR count). The molecule has 60 valence electrons. The van der Waals surface area contributed by atoms with Crippen molar-refractivity contribution in [1.82, 2.24) is 0 Å². The Labute approximate surface area is 63.8 Å². The maximum absolute atomic E-state index is 8.77. The van der Waals surface area contributed by atoms with Crippen molar-refractivity contribution in [2.24, 2.45) is 5.92 Å². The number of unbranched alkanes of at least 4 members (excludes halogenated alkanes) is 1. The summed E-state index contributed by atoms with van der Waals surface area (Å²) in [6.07, 6.45) is 7.64. The molecule has 0 heterocycles. The van der Waals surface area contributed by atoms with Crippen LogP contribution in [0, 0.1) is 5.92 Å². The van der Waals surface area contributed by atoms with Gasteiger partial charge in [-0.25, -0.2) is 0 Å². The first-order valence-corrected chi connectivity index (χ1v) is 4.12. The van der Waals surface area contributed by atoms with Crippen molar-refractivity contribution in [1.29, 1.82) is 0 Å². The standard InChI is InChI=1S/C9H18O/c1-3-5-6-7-9(4-2)8-10/h6-7,9-10H,3-5,8H2,1-2H3. The van der Waals surface area contributed by atoms with Crippen LogP contribution in [-0.2, 0) is 0 Å². The second-order valence-electron chi connectivity index (χ2n) is 2.57. The zero-order valence-electron chi connectivity index (χ0n) is 7.01. The van der Waals surface area contributed by atoms with Crippen LogP contribution in [0.4, 0.5) is 0 Å². The van der Waals surface area contributed by atoms with E-state index in [4.69, 9.17) is 5.11 Å². The summed E-state index contributed by atoms with van der Waals surface area (Å²) in [5.74, 6) is 0.381. The van der Waals surface area contributed by atoms with Gasteiger partial charge in [0, 0.05) is 6.61 Å². The van der Waals surface area contributed by atoms with Crippen molar-refractivity contribution in [2.45, 2.75) is 33.1 Å². The lowest BCUT2D eigenvalue weighted by atomic mass is 10.1. The summed E-state index contributed by atoms with van der Waals surface area (Å²) >= 11 is 0. The minimum Gasteiger partial charge on any atom is -0.396 e. The Kier molecular flexibility index (Phi) is 6.61. The van der Waals surface area contributed by atoms with Gasteiger partial charge in [-0.2, -0.15) is 0 Å². The topological polar surface area (TPSA) is 20.2 Å². The summed E-state index contributed by atoms with van der Waals surface area (Å²) in [6, 6.07) is 0. The first kappa shape index (κ1) is 9.70. The minimum absolute atomic E-state index is 0.288. The van der Waals surface area contributed by atoms with Crippen molar-refractivity contribution in [3.05, 3.63) is 12.2 Å². The van der Waals surface area contributed by atoms with Gasteiger partial charge in [0.15, 0.2) is 0 Å². The van der Waals surface area contributed by atoms with E-state index in [1.165, 1.54) is 6.42 Å². The number of rotatable bonds is 5. The summed E-state index contributed by atoms with van der Waals surface area (Å²) in [7, 11) is 0. The predicted molar refractivity (Wildman–Crippen MR) is 44.9 cm³/mol. The number of hydrogen-bond donors (Lipinski definition) is 1. The third-order valence-corrected chi connectivity index (χ3v) is 1.62. The van der Waals surface area contributed by atoms with Crippen LogP contribution < -0.4 is 0 Å². The summed E-state index contributed by atoms with van der Waals surface area (Å²) in [6.45, 7) is 4.54. The van der Waals surface area contributed by atoms with Crippen LogP contribution in [0.1, 0.15) is 33.1 Å². The molecule has 0 aromatic heterocycles. The quantitative estimate of drug-likeness (QED) is 0.584. The fraction of sp³-hybridized carbons (Fsp3) is 0.778. The summed E-state index contributed by atoms with van der Waals surface area (Å²) in [4.78, 5) is 0. The second-order valence-corrected chi connectivity index (χ2v) is 2.57. The van der Waals surface area contributed by atoms with Crippen LogP contribution in [0.3, 0.4) is 0 Å². The molecule has 0 spiro atoms. The van der Waals surface area contributed by atoms with Crippen LogP contribution in [0.5, 0.6) is 0 Å². The van der Waals surface area contributed by atoms with Gasteiger partial charge in [0.05, 0.1) is 0 Å². The molecule has 1 heteroatoms. The second kappa shape index (κ2) is 6.81. The third-order valence-electron chi connectivity index (χ3n) is 1.62. The zero-order chi connectivity index (χ0) is 7.82. The lowest BCUT2D eigenvalue weighted by molar-refractivity contribution is 0.249. The molecule has 0 amide bonds. The molecular formula is C9H18O. The Bertz CT molecular complexity index is 82.7. The van der Waals surface area contributed by atoms with Gasteiger partial charge in [-0.3, -0.25) is 0 Å². The van der Waals surface area contributed by atoms with Crippen molar-refractivity contribution >= 4 is 0 Å². The molecule has 0 aliphatic rings. The third kappa shape index (κ3) is 4.57. The van der Waals surface area contributed by atoms with Gasteiger partial charge in [0.25, 0.3) is 0 Å². The lowest BCUT2D eigenvalue weighted by Gasteiger charge is -2.02. The highest BCUT2D eigenvalue weighted by atomic mass is 16.3. The Morgan fingerprint density at radius 3 is 2.50 bits per heavy atom. The molecule has 0 bridgehead atoms. The van der Waals surface area contributed by atoms with Gasteiger partial charge in [0.1, 0.15) is 0 Å². The van der Waals surface area contributed by atoms with E-state index in [1.807, 2.05) is 0 Å². The van der Waals surface area contributed by atoms with Crippen molar-refractivity contribution < 1.29 is 5.11 Å². The van der Waals surface area contributed by atoms with Crippen LogP contribution in [0.2, 0.25) is 0 Å². The van der Waals surface area contributed by atoms with E-state index in [-0.39, 0.29) is 6.61 Å². The molecule has 0 aromatic carbocycles. The van der Waals surface area contributed by atoms with Gasteiger partial charge in [0.2, 0.25) is 0 Å². The zero-order valence-corrected chi connectivity index (χ0v) is 7.01. The van der Waals surface area contributed by atoms with E-state index in [0.717, 1.165) is 12.8 Å². The Morgan fingerprint density at radius 2 is 2.10 bits per heavy atom. The first-order chi connectivity index (χ1) is 4.85. The van der Waals surface area contributed by atoms with E-state index in [1.54, 1.807) is 0 Å². The van der Waals surface area contributed by atoms with Gasteiger partial charge in [-0.15, -0.1) is 0 Å². The van der Waals surface area contributed by atoms with Gasteiger partial charge >= 0.3 is 0 Å². The molecule has 0 aromatic rings. The fourth-order valence-electron chi connectivity index (χ4n) is 0.781. The van der Waals surface area contributed by atoms with Crippen LogP contribution in [0.15, 0.2) is 12.2 Å². The Hall–Kier alpha value is -0.300. The minimum atomic E-state index is 0.288. The Balaban J connectivity index is 3.40. The van der Waals surface area contributed by atoms with E-state index in [0.29, 0.717) is 5.92 Å². The number of hydrogen-bond acceptors (Lipinski definition) is 1. The van der Waals surface area contributed by atoms with Gasteiger partial charge in [-0.05, 0) is 18.8 Å². The molecule has 1 nitrogen and oxygen atoms in total. The highest BCUT2D eigenvalue weighted by Crippen LogP contribution is 2.03.